The Kier molecular flexibility index (Phi) is 4.36. The van der Waals surface area contributed by atoms with E-state index in [2.05, 4.69) is 50.9 Å². The highest BCUT2D eigenvalue weighted by Crippen LogP contribution is 2.20. The number of piperidine rings is 1. The molecule has 16 heavy (non-hydrogen) atoms. The Morgan fingerprint density at radius 1 is 1.44 bits per heavy atom. The first-order valence-electron chi connectivity index (χ1n) is 6.02. The van der Waals surface area contributed by atoms with Gasteiger partial charge in [-0.15, -0.1) is 0 Å². The first-order chi connectivity index (χ1) is 7.79. The van der Waals surface area contributed by atoms with Gasteiger partial charge in [-0.1, -0.05) is 28.4 Å². The molecule has 0 radical (unpaired) electrons. The smallest absolute Gasteiger partial charge is 0.0547 e. The van der Waals surface area contributed by atoms with Crippen molar-refractivity contribution in [1.29, 1.82) is 0 Å². The molecule has 1 saturated heterocycles. The number of nitrogens with zero attached hydrogens (tertiary/aromatic N) is 2. The van der Waals surface area contributed by atoms with Crippen LogP contribution < -0.4 is 0 Å². The highest BCUT2D eigenvalue weighted by Gasteiger charge is 2.21. The number of aryl methyl sites for hydroxylation is 1. The minimum Gasteiger partial charge on any atom is -0.294 e. The van der Waals surface area contributed by atoms with Crippen molar-refractivity contribution in [2.75, 3.05) is 11.9 Å². The van der Waals surface area contributed by atoms with Gasteiger partial charge in [0.1, 0.15) is 0 Å². The molecule has 2 rings (SSSR count). The van der Waals surface area contributed by atoms with Gasteiger partial charge in [-0.3, -0.25) is 9.88 Å². The van der Waals surface area contributed by atoms with Gasteiger partial charge in [0.25, 0.3) is 0 Å². The summed E-state index contributed by atoms with van der Waals surface area (Å²) < 4.78 is 0. The average Bonchev–Trinajstić information content (AvgIpc) is 2.30. The van der Waals surface area contributed by atoms with Gasteiger partial charge in [-0.05, 0) is 38.4 Å². The molecule has 1 unspecified atom stereocenters. The Morgan fingerprint density at radius 2 is 2.31 bits per heavy atom. The van der Waals surface area contributed by atoms with Crippen LogP contribution in [0.4, 0.5) is 0 Å². The molecule has 2 nitrogen and oxygen atoms in total. The molecule has 0 aliphatic carbocycles. The Labute approximate surface area is 106 Å². The van der Waals surface area contributed by atoms with E-state index in [1.807, 2.05) is 0 Å². The van der Waals surface area contributed by atoms with E-state index in [0.29, 0.717) is 6.04 Å². The van der Waals surface area contributed by atoms with E-state index >= 15 is 0 Å². The molecule has 88 valence electrons. The zero-order chi connectivity index (χ0) is 11.4. The zero-order valence-corrected chi connectivity index (χ0v) is 11.4. The molecule has 1 aliphatic heterocycles. The van der Waals surface area contributed by atoms with Gasteiger partial charge in [-0.25, -0.2) is 0 Å². The minimum absolute atomic E-state index is 0.691. The normalized spacial score (nSPS) is 22.2. The van der Waals surface area contributed by atoms with Crippen LogP contribution in [0.15, 0.2) is 18.2 Å². The van der Waals surface area contributed by atoms with Gasteiger partial charge in [0.05, 0.1) is 5.69 Å². The van der Waals surface area contributed by atoms with Crippen molar-refractivity contribution in [1.82, 2.24) is 9.88 Å². The summed E-state index contributed by atoms with van der Waals surface area (Å²) in [6.45, 7) is 4.27. The maximum Gasteiger partial charge on any atom is 0.0547 e. The lowest BCUT2D eigenvalue weighted by molar-refractivity contribution is 0.155. The molecule has 2 heterocycles. The summed E-state index contributed by atoms with van der Waals surface area (Å²) in [4.78, 5) is 7.13. The molecule has 1 aromatic rings. The lowest BCUT2D eigenvalue weighted by atomic mass is 10.0. The lowest BCUT2D eigenvalue weighted by Crippen LogP contribution is -2.40. The molecule has 1 aliphatic rings. The standard InChI is InChI=1S/C13H19BrN2/c1-11-5-4-6-12(15-11)10-16-8-3-2-7-13(16)9-14/h4-6,13H,2-3,7-10H2,1H3. The third-order valence-corrected chi connectivity index (χ3v) is 3.99. The van der Waals surface area contributed by atoms with E-state index in [1.165, 1.54) is 31.5 Å². The van der Waals surface area contributed by atoms with Gasteiger partial charge in [-0.2, -0.15) is 0 Å². The van der Waals surface area contributed by atoms with Crippen LogP contribution in [0.25, 0.3) is 0 Å². The first kappa shape index (κ1) is 12.1. The number of alkyl halides is 1. The third-order valence-electron chi connectivity index (χ3n) is 3.24. The fourth-order valence-corrected chi connectivity index (χ4v) is 3.07. The Hall–Kier alpha value is -0.410. The van der Waals surface area contributed by atoms with Gasteiger partial charge in [0.15, 0.2) is 0 Å². The van der Waals surface area contributed by atoms with Crippen molar-refractivity contribution >= 4 is 15.9 Å². The van der Waals surface area contributed by atoms with Gasteiger partial charge in [0.2, 0.25) is 0 Å². The highest BCUT2D eigenvalue weighted by molar-refractivity contribution is 9.09. The van der Waals surface area contributed by atoms with Gasteiger partial charge < -0.3 is 0 Å². The number of rotatable bonds is 3. The van der Waals surface area contributed by atoms with Crippen LogP contribution in [-0.4, -0.2) is 27.8 Å². The molecule has 1 fully saturated rings. The summed E-state index contributed by atoms with van der Waals surface area (Å²) in [7, 11) is 0. The SMILES string of the molecule is Cc1cccc(CN2CCCCC2CBr)n1. The largest absolute Gasteiger partial charge is 0.294 e. The summed E-state index contributed by atoms with van der Waals surface area (Å²) in [5.41, 5.74) is 2.32. The number of aromatic nitrogens is 1. The van der Waals surface area contributed by atoms with Crippen LogP contribution in [0, 0.1) is 6.92 Å². The van der Waals surface area contributed by atoms with Gasteiger partial charge >= 0.3 is 0 Å². The second-order valence-electron chi connectivity index (χ2n) is 4.54. The average molecular weight is 283 g/mol. The van der Waals surface area contributed by atoms with Crippen LogP contribution in [0.2, 0.25) is 0 Å². The molecule has 0 bridgehead atoms. The summed E-state index contributed by atoms with van der Waals surface area (Å²) >= 11 is 3.62. The Bertz CT molecular complexity index is 340. The van der Waals surface area contributed by atoms with E-state index < -0.39 is 0 Å². The highest BCUT2D eigenvalue weighted by atomic mass is 79.9. The second-order valence-corrected chi connectivity index (χ2v) is 5.19. The maximum atomic E-state index is 4.58. The molecular formula is C13H19BrN2. The van der Waals surface area contributed by atoms with Crippen molar-refractivity contribution in [3.05, 3.63) is 29.6 Å². The summed E-state index contributed by atoms with van der Waals surface area (Å²) in [5, 5.41) is 1.08. The predicted molar refractivity (Wildman–Crippen MR) is 70.8 cm³/mol. The van der Waals surface area contributed by atoms with Gasteiger partial charge in [0, 0.05) is 23.6 Å². The van der Waals surface area contributed by atoms with E-state index in [-0.39, 0.29) is 0 Å². The quantitative estimate of drug-likeness (QED) is 0.792. The van der Waals surface area contributed by atoms with E-state index in [9.17, 15) is 0 Å². The summed E-state index contributed by atoms with van der Waals surface area (Å²) in [5.74, 6) is 0. The molecule has 0 N–H and O–H groups in total. The Morgan fingerprint density at radius 3 is 3.06 bits per heavy atom. The maximum absolute atomic E-state index is 4.58. The molecule has 1 atom stereocenters. The number of halogens is 1. The van der Waals surface area contributed by atoms with Crippen LogP contribution in [0.1, 0.15) is 30.7 Å². The fraction of sp³-hybridized carbons (Fsp3) is 0.615. The molecule has 1 aromatic heterocycles. The topological polar surface area (TPSA) is 16.1 Å². The number of hydrogen-bond donors (Lipinski definition) is 0. The van der Waals surface area contributed by atoms with Crippen molar-refractivity contribution in [3.63, 3.8) is 0 Å². The molecular weight excluding hydrogens is 264 g/mol. The van der Waals surface area contributed by atoms with Crippen molar-refractivity contribution < 1.29 is 0 Å². The second kappa shape index (κ2) is 5.78. The van der Waals surface area contributed by atoms with Crippen LogP contribution in [-0.2, 0) is 6.54 Å². The Balaban J connectivity index is 2.02. The van der Waals surface area contributed by atoms with Crippen LogP contribution >= 0.6 is 15.9 Å². The summed E-state index contributed by atoms with van der Waals surface area (Å²) in [6, 6.07) is 6.98. The lowest BCUT2D eigenvalue weighted by Gasteiger charge is -2.34. The van der Waals surface area contributed by atoms with E-state index in [1.54, 1.807) is 0 Å². The zero-order valence-electron chi connectivity index (χ0n) is 9.82. The fourth-order valence-electron chi connectivity index (χ4n) is 2.34. The first-order valence-corrected chi connectivity index (χ1v) is 7.14. The monoisotopic (exact) mass is 282 g/mol. The molecule has 0 aromatic carbocycles. The van der Waals surface area contributed by atoms with Crippen LogP contribution in [0.5, 0.6) is 0 Å². The predicted octanol–water partition coefficient (Wildman–Crippen LogP) is 3.14. The molecule has 0 amide bonds. The minimum atomic E-state index is 0.691. The van der Waals surface area contributed by atoms with Crippen molar-refractivity contribution in [3.8, 4) is 0 Å². The molecule has 0 saturated carbocycles. The number of pyridine rings is 1. The third kappa shape index (κ3) is 3.05. The van der Waals surface area contributed by atoms with Crippen LogP contribution in [0.3, 0.4) is 0 Å². The summed E-state index contributed by atoms with van der Waals surface area (Å²) in [6.07, 6.45) is 4.01. The van der Waals surface area contributed by atoms with E-state index in [4.69, 9.17) is 0 Å². The number of likely N-dealkylation sites (tertiary alicyclic amines) is 1. The number of hydrogen-bond acceptors (Lipinski definition) is 2. The van der Waals surface area contributed by atoms with E-state index in [0.717, 1.165) is 17.6 Å². The van der Waals surface area contributed by atoms with Crippen molar-refractivity contribution in [2.24, 2.45) is 0 Å². The van der Waals surface area contributed by atoms with Crippen molar-refractivity contribution in [2.45, 2.75) is 38.8 Å². The molecule has 0 spiro atoms. The molecule has 3 heteroatoms.